The fourth-order valence-corrected chi connectivity index (χ4v) is 4.82. The average molecular weight is 438 g/mol. The first kappa shape index (κ1) is 19.7. The number of benzene rings is 1. The highest BCUT2D eigenvalue weighted by atomic mass is 32.1. The zero-order chi connectivity index (χ0) is 21.4. The highest BCUT2D eigenvalue weighted by Gasteiger charge is 2.19. The number of thiazole rings is 1. The summed E-state index contributed by atoms with van der Waals surface area (Å²) in [4.78, 5) is 21.3. The van der Waals surface area contributed by atoms with Crippen molar-refractivity contribution in [1.29, 1.82) is 0 Å². The van der Waals surface area contributed by atoms with Crippen molar-refractivity contribution in [1.82, 2.24) is 24.7 Å². The molecule has 31 heavy (non-hydrogen) atoms. The Kier molecular flexibility index (Phi) is 5.16. The van der Waals surface area contributed by atoms with E-state index in [4.69, 9.17) is 0 Å². The molecule has 5 rings (SSSR count). The first-order chi connectivity index (χ1) is 15.0. The van der Waals surface area contributed by atoms with E-state index in [0.29, 0.717) is 17.7 Å². The first-order valence-electron chi connectivity index (χ1n) is 10.3. The van der Waals surface area contributed by atoms with Crippen LogP contribution in [0.2, 0.25) is 0 Å². The molecule has 1 aromatic carbocycles. The fraction of sp³-hybridized carbons (Fsp3) is 0.333. The molecule has 3 heterocycles. The second-order valence-corrected chi connectivity index (χ2v) is 8.80. The van der Waals surface area contributed by atoms with E-state index in [0.717, 1.165) is 52.5 Å². The molecule has 0 aliphatic heterocycles. The van der Waals surface area contributed by atoms with Crippen LogP contribution in [0, 0.1) is 6.92 Å². The first-order valence-corrected chi connectivity index (χ1v) is 11.1. The van der Waals surface area contributed by atoms with E-state index in [1.807, 2.05) is 36.4 Å². The molecule has 0 bridgehead atoms. The average Bonchev–Trinajstić information content (AvgIpc) is 3.31. The fourth-order valence-electron chi connectivity index (χ4n) is 3.91. The molecule has 1 aliphatic carbocycles. The van der Waals surface area contributed by atoms with Crippen molar-refractivity contribution < 1.29 is 5.11 Å². The number of aliphatic hydroxyl groups excluding tert-OH is 1. The number of aryl methyl sites for hydroxylation is 1. The molecule has 0 amide bonds. The summed E-state index contributed by atoms with van der Waals surface area (Å²) in [7, 11) is 0. The van der Waals surface area contributed by atoms with E-state index >= 15 is 0 Å². The van der Waals surface area contributed by atoms with Crippen LogP contribution in [-0.2, 0) is 0 Å². The minimum atomic E-state index is -0.263. The monoisotopic (exact) mass is 437 g/mol. The minimum Gasteiger partial charge on any atom is -0.393 e. The Balaban J connectivity index is 1.34. The predicted molar refractivity (Wildman–Crippen MR) is 122 cm³/mol. The van der Waals surface area contributed by atoms with Crippen LogP contribution < -0.4 is 16.3 Å². The molecule has 10 heteroatoms. The van der Waals surface area contributed by atoms with Crippen LogP contribution >= 0.6 is 11.3 Å². The number of hydrogen-bond acceptors (Lipinski definition) is 8. The molecule has 3 aromatic heterocycles. The van der Waals surface area contributed by atoms with Crippen molar-refractivity contribution in [2.24, 2.45) is 0 Å². The third-order valence-corrected chi connectivity index (χ3v) is 6.44. The van der Waals surface area contributed by atoms with Gasteiger partial charge in [0.1, 0.15) is 17.5 Å². The summed E-state index contributed by atoms with van der Waals surface area (Å²) in [5.74, 6) is 2.12. The summed E-state index contributed by atoms with van der Waals surface area (Å²) >= 11 is 1.50. The number of rotatable bonds is 5. The van der Waals surface area contributed by atoms with Gasteiger partial charge in [-0.2, -0.15) is 5.10 Å². The van der Waals surface area contributed by atoms with Crippen LogP contribution in [0.1, 0.15) is 31.5 Å². The lowest BCUT2D eigenvalue weighted by molar-refractivity contribution is 0.126. The highest BCUT2D eigenvalue weighted by Crippen LogP contribution is 2.30. The lowest BCUT2D eigenvalue weighted by Gasteiger charge is -2.26. The van der Waals surface area contributed by atoms with E-state index in [1.165, 1.54) is 15.9 Å². The Morgan fingerprint density at radius 1 is 1.13 bits per heavy atom. The number of anilines is 3. The van der Waals surface area contributed by atoms with Crippen LogP contribution in [0.25, 0.3) is 15.9 Å². The third kappa shape index (κ3) is 4.17. The van der Waals surface area contributed by atoms with Crippen molar-refractivity contribution in [2.45, 2.75) is 44.8 Å². The molecule has 0 atom stereocenters. The maximum absolute atomic E-state index is 12.0. The molecule has 0 spiro atoms. The number of aromatic nitrogens is 5. The summed E-state index contributed by atoms with van der Waals surface area (Å²) in [5.41, 5.74) is 1.34. The van der Waals surface area contributed by atoms with Crippen molar-refractivity contribution in [3.63, 3.8) is 0 Å². The molecular weight excluding hydrogens is 414 g/mol. The van der Waals surface area contributed by atoms with Crippen LogP contribution in [-0.4, -0.2) is 42.0 Å². The number of nitrogens with zero attached hydrogens (tertiary/aromatic N) is 4. The Labute approximate surface area is 182 Å². The predicted octanol–water partition coefficient (Wildman–Crippen LogP) is 3.33. The lowest BCUT2D eigenvalue weighted by atomic mass is 9.93. The number of aromatic amines is 1. The zero-order valence-electron chi connectivity index (χ0n) is 17.0. The molecule has 160 valence electrons. The Bertz CT molecular complexity index is 1270. The van der Waals surface area contributed by atoms with Crippen molar-refractivity contribution >= 4 is 38.3 Å². The van der Waals surface area contributed by atoms with Gasteiger partial charge in [0, 0.05) is 6.04 Å². The minimum absolute atomic E-state index is 0.172. The quantitative estimate of drug-likeness (QED) is 0.378. The number of hydrogen-bond donors (Lipinski definition) is 4. The van der Waals surface area contributed by atoms with Gasteiger partial charge in [-0.25, -0.2) is 24.4 Å². The van der Waals surface area contributed by atoms with E-state index < -0.39 is 0 Å². The standard InChI is InChI=1S/C21H23N7O2S/c1-12-26-27-21(30)28(12)14-7-10-16-17(11-14)31-20(23-16)25-19-4-2-3-18(24-19)22-13-5-8-15(29)9-6-13/h2-4,7,10-11,13,15,29H,5-6,8-9H2,1H3,(H,27,30)(H2,22,23,24,25)/t13-,15-. The van der Waals surface area contributed by atoms with E-state index in [2.05, 4.69) is 30.8 Å². The molecule has 4 aromatic rings. The van der Waals surface area contributed by atoms with Gasteiger partial charge in [-0.1, -0.05) is 17.4 Å². The van der Waals surface area contributed by atoms with Gasteiger partial charge in [0.05, 0.1) is 22.0 Å². The summed E-state index contributed by atoms with van der Waals surface area (Å²) in [5, 5.41) is 23.6. The van der Waals surface area contributed by atoms with E-state index in [1.54, 1.807) is 6.92 Å². The van der Waals surface area contributed by atoms with Crippen LogP contribution in [0.4, 0.5) is 16.8 Å². The largest absolute Gasteiger partial charge is 0.393 e. The molecule has 0 radical (unpaired) electrons. The second kappa shape index (κ2) is 8.12. The van der Waals surface area contributed by atoms with Crippen molar-refractivity contribution in [2.75, 3.05) is 10.6 Å². The second-order valence-electron chi connectivity index (χ2n) is 7.77. The molecule has 4 N–H and O–H groups in total. The van der Waals surface area contributed by atoms with Crippen LogP contribution in [0.3, 0.4) is 0 Å². The Morgan fingerprint density at radius 3 is 2.71 bits per heavy atom. The molecule has 0 unspecified atom stereocenters. The molecule has 1 aliphatic rings. The highest BCUT2D eigenvalue weighted by molar-refractivity contribution is 7.22. The smallest absolute Gasteiger partial charge is 0.347 e. The summed E-state index contributed by atoms with van der Waals surface area (Å²) in [6.45, 7) is 1.78. The third-order valence-electron chi connectivity index (χ3n) is 5.50. The molecular formula is C21H23N7O2S. The van der Waals surface area contributed by atoms with Gasteiger partial charge < -0.3 is 15.7 Å². The SMILES string of the molecule is Cc1n[nH]c(=O)n1-c1ccc2nc(Nc3cccc(N[C@H]4CC[C@H](O)CC4)n3)sc2c1. The van der Waals surface area contributed by atoms with Gasteiger partial charge in [-0.3, -0.25) is 0 Å². The van der Waals surface area contributed by atoms with Gasteiger partial charge >= 0.3 is 5.69 Å². The van der Waals surface area contributed by atoms with Crippen LogP contribution in [0.5, 0.6) is 0 Å². The molecule has 0 saturated heterocycles. The normalized spacial score (nSPS) is 18.9. The summed E-state index contributed by atoms with van der Waals surface area (Å²) < 4.78 is 2.50. The van der Waals surface area contributed by atoms with Gasteiger partial charge in [0.2, 0.25) is 0 Å². The number of pyridine rings is 1. The number of nitrogens with one attached hydrogen (secondary N) is 3. The van der Waals surface area contributed by atoms with E-state index in [-0.39, 0.29) is 11.8 Å². The van der Waals surface area contributed by atoms with Crippen LogP contribution in [0.15, 0.2) is 41.2 Å². The number of fused-ring (bicyclic) bond motifs is 1. The van der Waals surface area contributed by atoms with E-state index in [9.17, 15) is 9.90 Å². The van der Waals surface area contributed by atoms with Gasteiger partial charge in [-0.15, -0.1) is 0 Å². The Morgan fingerprint density at radius 2 is 1.94 bits per heavy atom. The Hall–Kier alpha value is -3.24. The molecule has 1 fully saturated rings. The number of H-pyrrole nitrogens is 1. The maximum atomic E-state index is 12.0. The van der Waals surface area contributed by atoms with Gasteiger partial charge in [0.25, 0.3) is 0 Å². The summed E-state index contributed by atoms with van der Waals surface area (Å²) in [6, 6.07) is 11.8. The summed E-state index contributed by atoms with van der Waals surface area (Å²) in [6.07, 6.45) is 3.37. The van der Waals surface area contributed by atoms with Crippen molar-refractivity contribution in [3.8, 4) is 5.69 Å². The zero-order valence-corrected chi connectivity index (χ0v) is 17.8. The van der Waals surface area contributed by atoms with Gasteiger partial charge in [-0.05, 0) is 62.9 Å². The topological polar surface area (TPSA) is 121 Å². The number of aliphatic hydroxyl groups is 1. The molecule has 9 nitrogen and oxygen atoms in total. The van der Waals surface area contributed by atoms with Crippen molar-refractivity contribution in [3.05, 3.63) is 52.7 Å². The lowest BCUT2D eigenvalue weighted by Crippen LogP contribution is -2.28. The molecule has 1 saturated carbocycles. The van der Waals surface area contributed by atoms with Gasteiger partial charge in [0.15, 0.2) is 5.13 Å². The maximum Gasteiger partial charge on any atom is 0.347 e.